The van der Waals surface area contributed by atoms with Gasteiger partial charge in [0.05, 0.1) is 20.5 Å². The lowest BCUT2D eigenvalue weighted by atomic mass is 10.2. The molecule has 0 spiro atoms. The molecule has 1 aliphatic rings. The van der Waals surface area contributed by atoms with E-state index in [2.05, 4.69) is 0 Å². The molecule has 0 heterocycles. The van der Waals surface area contributed by atoms with Crippen LogP contribution in [-0.2, 0) is 14.8 Å². The van der Waals surface area contributed by atoms with Crippen molar-refractivity contribution in [2.75, 3.05) is 0 Å². The molecule has 0 amide bonds. The topological polar surface area (TPSA) is 86.5 Å². The van der Waals surface area contributed by atoms with E-state index in [0.29, 0.717) is 0 Å². The molecule has 5 nitrogen and oxygen atoms in total. The van der Waals surface area contributed by atoms with Crippen LogP contribution in [0.1, 0.15) is 36.0 Å². The molecule has 0 aliphatic heterocycles. The molecule has 1 fully saturated rings. The first-order valence-corrected chi connectivity index (χ1v) is 8.32. The summed E-state index contributed by atoms with van der Waals surface area (Å²) in [6.07, 6.45) is 3.45. The predicted molar refractivity (Wildman–Crippen MR) is 75.5 cm³/mol. The second kappa shape index (κ2) is 5.89. The van der Waals surface area contributed by atoms with E-state index in [9.17, 15) is 13.2 Å². The molecule has 0 radical (unpaired) electrons. The maximum atomic E-state index is 12.1. The van der Waals surface area contributed by atoms with Gasteiger partial charge in [-0.1, -0.05) is 23.2 Å². The Morgan fingerprint density at radius 1 is 1.25 bits per heavy atom. The molecule has 0 bridgehead atoms. The fourth-order valence-electron chi connectivity index (χ4n) is 2.10. The van der Waals surface area contributed by atoms with Crippen molar-refractivity contribution in [2.45, 2.75) is 36.7 Å². The van der Waals surface area contributed by atoms with Gasteiger partial charge in [0.15, 0.2) is 0 Å². The number of nitrogens with two attached hydrogens (primary N) is 1. The number of sulfonamides is 1. The summed E-state index contributed by atoms with van der Waals surface area (Å²) in [4.78, 5) is 11.8. The summed E-state index contributed by atoms with van der Waals surface area (Å²) in [5.74, 6) is -0.686. The highest BCUT2D eigenvalue weighted by Gasteiger charge is 2.24. The van der Waals surface area contributed by atoms with Crippen LogP contribution in [0.2, 0.25) is 10.0 Å². The van der Waals surface area contributed by atoms with Gasteiger partial charge in [0, 0.05) is 0 Å². The number of rotatable bonds is 3. The first kappa shape index (κ1) is 15.6. The second-order valence-corrected chi connectivity index (χ2v) is 6.97. The summed E-state index contributed by atoms with van der Waals surface area (Å²) in [7, 11) is -3.98. The van der Waals surface area contributed by atoms with Gasteiger partial charge in [0.25, 0.3) is 0 Å². The van der Waals surface area contributed by atoms with E-state index in [1.807, 2.05) is 0 Å². The van der Waals surface area contributed by atoms with Crippen LogP contribution >= 0.6 is 23.2 Å². The molecule has 2 N–H and O–H groups in total. The highest BCUT2D eigenvalue weighted by molar-refractivity contribution is 7.89. The average Bonchev–Trinajstić information content (AvgIpc) is 2.83. The van der Waals surface area contributed by atoms with Gasteiger partial charge in [-0.3, -0.25) is 0 Å². The lowest BCUT2D eigenvalue weighted by molar-refractivity contribution is 0.0318. The number of carbonyl (C=O) groups excluding carboxylic acids is 1. The normalized spacial score (nSPS) is 16.4. The van der Waals surface area contributed by atoms with Crippen LogP contribution in [0, 0.1) is 0 Å². The van der Waals surface area contributed by atoms with E-state index in [1.54, 1.807) is 0 Å². The Kier molecular flexibility index (Phi) is 4.59. The Balaban J connectivity index is 2.34. The Hall–Kier alpha value is -0.820. The van der Waals surface area contributed by atoms with Crippen LogP contribution in [0.3, 0.4) is 0 Å². The maximum Gasteiger partial charge on any atom is 0.340 e. The number of hydrogen-bond acceptors (Lipinski definition) is 4. The molecular weight excluding hydrogens is 325 g/mol. The number of ether oxygens (including phenoxy) is 1. The SMILES string of the molecule is NS(=O)(=O)c1cc(Cl)c(Cl)c(C(=O)OC2CCCC2)c1. The number of benzene rings is 1. The van der Waals surface area contributed by atoms with Crippen LogP contribution in [0.4, 0.5) is 0 Å². The summed E-state index contributed by atoms with van der Waals surface area (Å²) >= 11 is 11.8. The fourth-order valence-corrected chi connectivity index (χ4v) is 3.13. The molecule has 1 aromatic rings. The lowest BCUT2D eigenvalue weighted by Crippen LogP contribution is -2.17. The molecule has 0 aromatic heterocycles. The number of esters is 1. The number of carbonyl (C=O) groups is 1. The molecule has 110 valence electrons. The van der Waals surface area contributed by atoms with Gasteiger partial charge in [-0.15, -0.1) is 0 Å². The molecule has 20 heavy (non-hydrogen) atoms. The van der Waals surface area contributed by atoms with Gasteiger partial charge in [0.2, 0.25) is 10.0 Å². The first-order chi connectivity index (χ1) is 9.29. The van der Waals surface area contributed by atoms with Crippen LogP contribution in [-0.4, -0.2) is 20.5 Å². The van der Waals surface area contributed by atoms with Crippen LogP contribution in [0.25, 0.3) is 0 Å². The Labute approximate surface area is 127 Å². The zero-order valence-corrected chi connectivity index (χ0v) is 12.8. The third-order valence-electron chi connectivity index (χ3n) is 3.13. The fraction of sp³-hybridized carbons (Fsp3) is 0.417. The number of hydrogen-bond donors (Lipinski definition) is 1. The quantitative estimate of drug-likeness (QED) is 0.859. The van der Waals surface area contributed by atoms with Gasteiger partial charge in [-0.2, -0.15) is 0 Å². The molecule has 0 unspecified atom stereocenters. The van der Waals surface area contributed by atoms with Crippen LogP contribution in [0.5, 0.6) is 0 Å². The summed E-state index contributed by atoms with van der Waals surface area (Å²) in [5, 5.41) is 4.93. The average molecular weight is 338 g/mol. The molecule has 1 aliphatic carbocycles. The second-order valence-electron chi connectivity index (χ2n) is 4.62. The number of halogens is 2. The maximum absolute atomic E-state index is 12.1. The van der Waals surface area contributed by atoms with E-state index >= 15 is 0 Å². The molecule has 0 saturated heterocycles. The van der Waals surface area contributed by atoms with E-state index in [1.165, 1.54) is 0 Å². The van der Waals surface area contributed by atoms with Crippen molar-refractivity contribution in [2.24, 2.45) is 5.14 Å². The Bertz CT molecular complexity index is 639. The molecular formula is C12H13Cl2NO4S. The smallest absolute Gasteiger partial charge is 0.340 e. The Morgan fingerprint density at radius 2 is 1.85 bits per heavy atom. The molecule has 0 atom stereocenters. The van der Waals surface area contributed by atoms with E-state index in [4.69, 9.17) is 33.1 Å². The van der Waals surface area contributed by atoms with Crippen LogP contribution < -0.4 is 5.14 Å². The highest BCUT2D eigenvalue weighted by Crippen LogP contribution is 2.31. The first-order valence-electron chi connectivity index (χ1n) is 6.02. The van der Waals surface area contributed by atoms with Gasteiger partial charge in [0.1, 0.15) is 6.10 Å². The minimum Gasteiger partial charge on any atom is -0.459 e. The lowest BCUT2D eigenvalue weighted by Gasteiger charge is -2.13. The Morgan fingerprint density at radius 3 is 2.40 bits per heavy atom. The minimum absolute atomic E-state index is 0.0398. The standard InChI is InChI=1S/C12H13Cl2NO4S/c13-10-6-8(20(15,17)18)5-9(11(10)14)12(16)19-7-3-1-2-4-7/h5-7H,1-4H2,(H2,15,17,18). The van der Waals surface area contributed by atoms with Gasteiger partial charge < -0.3 is 4.74 Å². The van der Waals surface area contributed by atoms with Crippen molar-refractivity contribution >= 4 is 39.2 Å². The van der Waals surface area contributed by atoms with E-state index in [0.717, 1.165) is 37.8 Å². The van der Waals surface area contributed by atoms with E-state index in [-0.39, 0.29) is 26.6 Å². The van der Waals surface area contributed by atoms with Crippen molar-refractivity contribution in [3.63, 3.8) is 0 Å². The molecule has 1 saturated carbocycles. The third kappa shape index (κ3) is 3.44. The largest absolute Gasteiger partial charge is 0.459 e. The van der Waals surface area contributed by atoms with Crippen LogP contribution in [0.15, 0.2) is 17.0 Å². The van der Waals surface area contributed by atoms with Gasteiger partial charge in [-0.25, -0.2) is 18.4 Å². The molecule has 2 rings (SSSR count). The van der Waals surface area contributed by atoms with Crippen molar-refractivity contribution < 1.29 is 17.9 Å². The minimum atomic E-state index is -3.98. The van der Waals surface area contributed by atoms with Crippen molar-refractivity contribution in [3.05, 3.63) is 27.7 Å². The van der Waals surface area contributed by atoms with Crippen molar-refractivity contribution in [3.8, 4) is 0 Å². The van der Waals surface area contributed by atoms with Gasteiger partial charge in [-0.05, 0) is 37.8 Å². The van der Waals surface area contributed by atoms with Crippen molar-refractivity contribution in [1.29, 1.82) is 0 Å². The summed E-state index contributed by atoms with van der Waals surface area (Å²) in [6, 6.07) is 2.19. The highest BCUT2D eigenvalue weighted by atomic mass is 35.5. The zero-order valence-electron chi connectivity index (χ0n) is 10.4. The third-order valence-corrected chi connectivity index (χ3v) is 4.82. The molecule has 1 aromatic carbocycles. The summed E-state index contributed by atoms with van der Waals surface area (Å²) in [6.45, 7) is 0. The van der Waals surface area contributed by atoms with Gasteiger partial charge >= 0.3 is 5.97 Å². The summed E-state index contributed by atoms with van der Waals surface area (Å²) < 4.78 is 28.0. The molecule has 8 heteroatoms. The summed E-state index contributed by atoms with van der Waals surface area (Å²) in [5.41, 5.74) is -0.0879. The van der Waals surface area contributed by atoms with Crippen molar-refractivity contribution in [1.82, 2.24) is 0 Å². The monoisotopic (exact) mass is 337 g/mol. The zero-order chi connectivity index (χ0) is 14.9. The predicted octanol–water partition coefficient (Wildman–Crippen LogP) is 2.74. The number of primary sulfonamides is 1. The van der Waals surface area contributed by atoms with E-state index < -0.39 is 16.0 Å².